The molecule has 3 heterocycles. The highest BCUT2D eigenvalue weighted by atomic mass is 16.5. The fourth-order valence-corrected chi connectivity index (χ4v) is 3.74. The predicted octanol–water partition coefficient (Wildman–Crippen LogP) is 1.29. The van der Waals surface area contributed by atoms with Crippen molar-refractivity contribution in [3.05, 3.63) is 30.1 Å². The summed E-state index contributed by atoms with van der Waals surface area (Å²) in [5.41, 5.74) is 1.18. The summed E-state index contributed by atoms with van der Waals surface area (Å²) >= 11 is 0. The molecule has 5 heteroatoms. The normalized spacial score (nSPS) is 21.9. The lowest BCUT2D eigenvalue weighted by atomic mass is 9.71. The van der Waals surface area contributed by atoms with E-state index in [4.69, 9.17) is 4.74 Å². The summed E-state index contributed by atoms with van der Waals surface area (Å²) in [6, 6.07) is 6.06. The van der Waals surface area contributed by atoms with Gasteiger partial charge in [0.25, 0.3) is 0 Å². The number of carbonyl (C=O) groups excluding carboxylic acids is 1. The number of nitrogens with zero attached hydrogens (tertiary/aromatic N) is 2. The molecule has 1 aromatic heterocycles. The van der Waals surface area contributed by atoms with Crippen molar-refractivity contribution in [3.63, 3.8) is 0 Å². The van der Waals surface area contributed by atoms with Crippen molar-refractivity contribution in [3.8, 4) is 0 Å². The smallest absolute Gasteiger partial charge is 0.147 e. The molecular formula is C18H27N3O2. The molecule has 2 aliphatic rings. The highest BCUT2D eigenvalue weighted by Crippen LogP contribution is 2.36. The van der Waals surface area contributed by atoms with E-state index in [1.54, 1.807) is 0 Å². The molecule has 2 aliphatic heterocycles. The Labute approximate surface area is 138 Å². The summed E-state index contributed by atoms with van der Waals surface area (Å²) < 4.78 is 5.36. The third kappa shape index (κ3) is 4.83. The quantitative estimate of drug-likeness (QED) is 0.857. The standard InChI is InChI=1S/C18H27N3O2/c22-17(15-21-9-11-23-12-10-21)14-18(4-7-19-8-5-18)13-16-3-1-2-6-20-16/h1-3,6,19H,4-5,7-15H2. The second-order valence-electron chi connectivity index (χ2n) is 6.85. The van der Waals surface area contributed by atoms with E-state index in [0.29, 0.717) is 18.7 Å². The Morgan fingerprint density at radius 1 is 1.26 bits per heavy atom. The van der Waals surface area contributed by atoms with Crippen LogP contribution in [0.1, 0.15) is 25.0 Å². The van der Waals surface area contributed by atoms with Gasteiger partial charge < -0.3 is 10.1 Å². The van der Waals surface area contributed by atoms with Gasteiger partial charge in [0.15, 0.2) is 0 Å². The van der Waals surface area contributed by atoms with Crippen molar-refractivity contribution in [1.82, 2.24) is 15.2 Å². The van der Waals surface area contributed by atoms with Gasteiger partial charge in [0, 0.05) is 31.4 Å². The van der Waals surface area contributed by atoms with Crippen molar-refractivity contribution < 1.29 is 9.53 Å². The summed E-state index contributed by atoms with van der Waals surface area (Å²) in [6.07, 6.45) is 5.53. The van der Waals surface area contributed by atoms with Crippen LogP contribution in [0, 0.1) is 5.41 Å². The van der Waals surface area contributed by atoms with Gasteiger partial charge in [-0.15, -0.1) is 0 Å². The Balaban J connectivity index is 1.62. The molecule has 3 rings (SSSR count). The number of nitrogens with one attached hydrogen (secondary N) is 1. The maximum atomic E-state index is 12.7. The lowest BCUT2D eigenvalue weighted by Gasteiger charge is -2.38. The number of morpholine rings is 1. The van der Waals surface area contributed by atoms with Crippen molar-refractivity contribution >= 4 is 5.78 Å². The largest absolute Gasteiger partial charge is 0.379 e. The fraction of sp³-hybridized carbons (Fsp3) is 0.667. The number of ketones is 1. The number of ether oxygens (including phenoxy) is 1. The van der Waals surface area contributed by atoms with E-state index < -0.39 is 0 Å². The molecule has 0 saturated carbocycles. The number of aromatic nitrogens is 1. The van der Waals surface area contributed by atoms with Gasteiger partial charge in [-0.25, -0.2) is 0 Å². The van der Waals surface area contributed by atoms with Crippen molar-refractivity contribution in [2.24, 2.45) is 5.41 Å². The Kier molecular flexibility index (Phi) is 5.75. The van der Waals surface area contributed by atoms with Crippen LogP contribution in [0.4, 0.5) is 0 Å². The summed E-state index contributed by atoms with van der Waals surface area (Å²) in [4.78, 5) is 19.4. The summed E-state index contributed by atoms with van der Waals surface area (Å²) in [5, 5.41) is 3.42. The van der Waals surface area contributed by atoms with Crippen LogP contribution in [0.15, 0.2) is 24.4 Å². The minimum Gasteiger partial charge on any atom is -0.379 e. The molecule has 0 radical (unpaired) electrons. The van der Waals surface area contributed by atoms with Gasteiger partial charge in [-0.1, -0.05) is 6.07 Å². The van der Waals surface area contributed by atoms with Gasteiger partial charge in [-0.05, 0) is 49.9 Å². The molecule has 0 aliphatic carbocycles. The predicted molar refractivity (Wildman–Crippen MR) is 89.4 cm³/mol. The van der Waals surface area contributed by atoms with Crippen LogP contribution in [0.2, 0.25) is 0 Å². The van der Waals surface area contributed by atoms with Crippen molar-refractivity contribution in [2.75, 3.05) is 45.9 Å². The zero-order valence-electron chi connectivity index (χ0n) is 13.8. The molecule has 5 nitrogen and oxygen atoms in total. The van der Waals surface area contributed by atoms with Crippen LogP contribution in [0.25, 0.3) is 0 Å². The number of hydrogen-bond acceptors (Lipinski definition) is 5. The van der Waals surface area contributed by atoms with Gasteiger partial charge in [-0.3, -0.25) is 14.7 Å². The minimum absolute atomic E-state index is 0.0724. The highest BCUT2D eigenvalue weighted by Gasteiger charge is 2.35. The maximum absolute atomic E-state index is 12.7. The molecule has 23 heavy (non-hydrogen) atoms. The van der Waals surface area contributed by atoms with Crippen LogP contribution < -0.4 is 5.32 Å². The molecule has 1 N–H and O–H groups in total. The second-order valence-corrected chi connectivity index (χ2v) is 6.85. The molecule has 2 saturated heterocycles. The Morgan fingerprint density at radius 2 is 2.04 bits per heavy atom. The van der Waals surface area contributed by atoms with E-state index in [1.807, 2.05) is 18.3 Å². The fourth-order valence-electron chi connectivity index (χ4n) is 3.74. The van der Waals surface area contributed by atoms with Crippen LogP contribution in [-0.2, 0) is 16.0 Å². The molecular weight excluding hydrogens is 290 g/mol. The molecule has 0 unspecified atom stereocenters. The van der Waals surface area contributed by atoms with E-state index in [2.05, 4.69) is 21.3 Å². The lowest BCUT2D eigenvalue weighted by Crippen LogP contribution is -2.43. The average Bonchev–Trinajstić information content (AvgIpc) is 2.57. The molecule has 0 amide bonds. The van der Waals surface area contributed by atoms with Gasteiger partial charge in [0.05, 0.1) is 19.8 Å². The molecule has 126 valence electrons. The molecule has 0 bridgehead atoms. The number of pyridine rings is 1. The van der Waals surface area contributed by atoms with E-state index in [1.165, 1.54) is 0 Å². The second kappa shape index (κ2) is 7.99. The van der Waals surface area contributed by atoms with E-state index in [0.717, 1.165) is 64.3 Å². The van der Waals surface area contributed by atoms with E-state index in [9.17, 15) is 4.79 Å². The first-order chi connectivity index (χ1) is 11.3. The van der Waals surface area contributed by atoms with Gasteiger partial charge in [0.2, 0.25) is 0 Å². The van der Waals surface area contributed by atoms with Gasteiger partial charge in [-0.2, -0.15) is 0 Å². The Morgan fingerprint density at radius 3 is 2.74 bits per heavy atom. The average molecular weight is 317 g/mol. The summed E-state index contributed by atoms with van der Waals surface area (Å²) in [6.45, 7) is 5.81. The van der Waals surface area contributed by atoms with E-state index in [-0.39, 0.29) is 5.41 Å². The molecule has 0 spiro atoms. The number of piperidine rings is 1. The highest BCUT2D eigenvalue weighted by molar-refractivity contribution is 5.81. The number of carbonyl (C=O) groups is 1. The van der Waals surface area contributed by atoms with Crippen LogP contribution >= 0.6 is 0 Å². The number of hydrogen-bond donors (Lipinski definition) is 1. The first-order valence-electron chi connectivity index (χ1n) is 8.68. The zero-order chi connectivity index (χ0) is 16.0. The van der Waals surface area contributed by atoms with Gasteiger partial charge >= 0.3 is 0 Å². The molecule has 0 aromatic carbocycles. The summed E-state index contributed by atoms with van der Waals surface area (Å²) in [7, 11) is 0. The topological polar surface area (TPSA) is 54.5 Å². The molecule has 1 aromatic rings. The Bertz CT molecular complexity index is 494. The summed E-state index contributed by atoms with van der Waals surface area (Å²) in [5.74, 6) is 0.365. The van der Waals surface area contributed by atoms with E-state index >= 15 is 0 Å². The third-order valence-electron chi connectivity index (χ3n) is 5.02. The van der Waals surface area contributed by atoms with Gasteiger partial charge in [0.1, 0.15) is 5.78 Å². The monoisotopic (exact) mass is 317 g/mol. The maximum Gasteiger partial charge on any atom is 0.147 e. The molecule has 2 fully saturated rings. The molecule has 0 atom stereocenters. The number of Topliss-reactive ketones (excluding diaryl/α,β-unsaturated/α-hetero) is 1. The number of rotatable bonds is 6. The van der Waals surface area contributed by atoms with Crippen molar-refractivity contribution in [1.29, 1.82) is 0 Å². The van der Waals surface area contributed by atoms with Crippen LogP contribution in [0.3, 0.4) is 0 Å². The third-order valence-corrected chi connectivity index (χ3v) is 5.02. The van der Waals surface area contributed by atoms with Crippen LogP contribution in [-0.4, -0.2) is 61.6 Å². The first kappa shape index (κ1) is 16.6. The lowest BCUT2D eigenvalue weighted by molar-refractivity contribution is -0.124. The first-order valence-corrected chi connectivity index (χ1v) is 8.68. The Hall–Kier alpha value is -1.30. The SMILES string of the molecule is O=C(CN1CCOCC1)CC1(Cc2ccccn2)CCNCC1. The zero-order valence-corrected chi connectivity index (χ0v) is 13.8. The van der Waals surface area contributed by atoms with Crippen molar-refractivity contribution in [2.45, 2.75) is 25.7 Å². The van der Waals surface area contributed by atoms with Crippen LogP contribution in [0.5, 0.6) is 0 Å². The minimum atomic E-state index is 0.0724.